The van der Waals surface area contributed by atoms with E-state index in [0.717, 1.165) is 34.0 Å². The Morgan fingerprint density at radius 3 is 1.79 bits per heavy atom. The number of carbonyl (C=O) groups is 6. The number of aromatic nitrogens is 7. The molecule has 8 rings (SSSR count). The topological polar surface area (TPSA) is 326 Å². The van der Waals surface area contributed by atoms with E-state index in [9.17, 15) is 44.1 Å². The number of hydrogen-bond donors (Lipinski definition) is 9. The molecule has 76 heavy (non-hydrogen) atoms. The van der Waals surface area contributed by atoms with Crippen LogP contribution in [0.5, 0.6) is 0 Å². The Kier molecular flexibility index (Phi) is 17.5. The van der Waals surface area contributed by atoms with Gasteiger partial charge in [0.15, 0.2) is 0 Å². The van der Waals surface area contributed by atoms with Gasteiger partial charge in [0.2, 0.25) is 11.8 Å². The molecule has 0 saturated heterocycles. The Morgan fingerprint density at radius 1 is 0.605 bits per heavy atom. The highest BCUT2D eigenvalue weighted by Crippen LogP contribution is 2.38. The highest BCUT2D eigenvalue weighted by molar-refractivity contribution is 7.15. The molecular weight excluding hydrogens is 1100 g/mol. The molecule has 22 nitrogen and oxygen atoms in total. The summed E-state index contributed by atoms with van der Waals surface area (Å²) in [5, 5.41) is 59.0. The number of pyridine rings is 1. The van der Waals surface area contributed by atoms with Gasteiger partial charge >= 0.3 is 0 Å². The third-order valence-corrected chi connectivity index (χ3v) is 16.5. The molecule has 6 atom stereocenters. The molecule has 396 valence electrons. The number of carbonyl (C=O) groups excluding carboxylic acids is 6. The maximum atomic E-state index is 13.8. The van der Waals surface area contributed by atoms with E-state index in [1.54, 1.807) is 59.7 Å². The van der Waals surface area contributed by atoms with Crippen LogP contribution in [0.25, 0.3) is 54.8 Å². The van der Waals surface area contributed by atoms with E-state index >= 15 is 0 Å². The first-order valence-corrected chi connectivity index (χ1v) is 28.6. The van der Waals surface area contributed by atoms with Crippen LogP contribution < -0.4 is 31.9 Å². The first kappa shape index (κ1) is 55.3. The van der Waals surface area contributed by atoms with Crippen molar-refractivity contribution in [2.75, 3.05) is 6.54 Å². The Labute approximate surface area is 458 Å². The van der Waals surface area contributed by atoms with Gasteiger partial charge in [0.25, 0.3) is 23.6 Å². The molecule has 7 aromatic rings. The Balaban J connectivity index is 1.13. The number of allylic oxidation sites excluding steroid dienone is 2. The summed E-state index contributed by atoms with van der Waals surface area (Å²) in [4.78, 5) is 114. The molecule has 1 aliphatic heterocycles. The number of amides is 6. The average Bonchev–Trinajstić information content (AvgIpc) is 4.26. The summed E-state index contributed by atoms with van der Waals surface area (Å²) in [6.07, 6.45) is -0.152. The molecule has 0 aliphatic carbocycles. The molecule has 7 aromatic heterocycles. The van der Waals surface area contributed by atoms with Crippen LogP contribution in [-0.2, 0) is 9.59 Å². The van der Waals surface area contributed by atoms with Crippen molar-refractivity contribution < 1.29 is 44.1 Å². The van der Waals surface area contributed by atoms with E-state index in [2.05, 4.69) is 51.8 Å². The summed E-state index contributed by atoms with van der Waals surface area (Å²) < 4.78 is 0. The SMILES string of the molecule is C/C=C1\NC(=O)c2csc(n2)[C@@H](C(C)C)NC(=O)c2csc(n2)/C(=C/C)NC(=O)[C@H]([C@@H](C)O)NC(=O)c2csc(n2)-c2ccc(-c3nc(-c4nc(C(=O)N[C@H](C(=O)NC[C@H](C)O)[C@@H](C)O)cs4)cs3)nc2-c2csc1n2. The standard InChI is InChI=1S/C48H49N13O9S6/c1-8-24-44-53-27(13-72-44)36-23(10-11-26(50-36)46-58-32(18-75-46)47-56-31(16-74-47)40(68)60-34(21(6)63)41(69)49-12-20(5)62)43-54-29(14-71-43)39(67)61-35(22(7)64)42(70)52-25(9-2)45-55-30(15-73-45)38(66)59-33(19(3)4)48-57-28(17-76-48)37(65)51-24/h8-11,13-22,33-35,62-64H,12H2,1-7H3,(H,49,69)(H,51,65)(H,52,70)(H,59,66)(H,60,68)(H,61,67)/b24-8-,25-9-/t20-,21+,22+,33+,34-,35-/m0/s1. The molecule has 8 heterocycles. The number of hydrogen-bond acceptors (Lipinski definition) is 22. The highest BCUT2D eigenvalue weighted by atomic mass is 32.1. The lowest BCUT2D eigenvalue weighted by Crippen LogP contribution is -2.53. The van der Waals surface area contributed by atoms with Crippen LogP contribution in [-0.4, -0.2) is 123 Å². The molecule has 0 unspecified atom stereocenters. The molecule has 1 aliphatic rings. The number of nitrogens with zero attached hydrogens (tertiary/aromatic N) is 7. The molecule has 0 aromatic carbocycles. The summed E-state index contributed by atoms with van der Waals surface area (Å²) in [6.45, 7) is 11.4. The maximum absolute atomic E-state index is 13.8. The minimum atomic E-state index is -1.44. The maximum Gasteiger partial charge on any atom is 0.275 e. The van der Waals surface area contributed by atoms with Gasteiger partial charge in [0.05, 0.1) is 41.4 Å². The van der Waals surface area contributed by atoms with Gasteiger partial charge in [0, 0.05) is 44.4 Å². The van der Waals surface area contributed by atoms with Gasteiger partial charge in [-0.2, -0.15) is 0 Å². The van der Waals surface area contributed by atoms with Gasteiger partial charge < -0.3 is 47.2 Å². The molecule has 0 fully saturated rings. The van der Waals surface area contributed by atoms with E-state index < -0.39 is 71.9 Å². The fourth-order valence-electron chi connectivity index (χ4n) is 7.20. The van der Waals surface area contributed by atoms with Crippen LogP contribution in [0.3, 0.4) is 0 Å². The zero-order chi connectivity index (χ0) is 54.5. The van der Waals surface area contributed by atoms with Crippen molar-refractivity contribution in [2.24, 2.45) is 5.92 Å². The van der Waals surface area contributed by atoms with E-state index in [1.165, 1.54) is 65.5 Å². The van der Waals surface area contributed by atoms with Crippen molar-refractivity contribution in [3.05, 3.63) is 94.4 Å². The second kappa shape index (κ2) is 24.0. The summed E-state index contributed by atoms with van der Waals surface area (Å²) >= 11 is 7.09. The van der Waals surface area contributed by atoms with Gasteiger partial charge in [0.1, 0.15) is 82.0 Å². The number of fused-ring (bicyclic) bond motifs is 11. The van der Waals surface area contributed by atoms with Crippen molar-refractivity contribution in [1.29, 1.82) is 0 Å². The zero-order valence-electron chi connectivity index (χ0n) is 41.4. The third-order valence-electron chi connectivity index (χ3n) is 11.2. The minimum Gasteiger partial charge on any atom is -0.392 e. The van der Waals surface area contributed by atoms with Crippen molar-refractivity contribution in [3.8, 4) is 43.4 Å². The van der Waals surface area contributed by atoms with Gasteiger partial charge in [-0.25, -0.2) is 34.9 Å². The average molecular weight is 1140 g/mol. The zero-order valence-corrected chi connectivity index (χ0v) is 46.3. The van der Waals surface area contributed by atoms with Crippen LogP contribution >= 0.6 is 68.0 Å². The van der Waals surface area contributed by atoms with Crippen molar-refractivity contribution in [1.82, 2.24) is 66.8 Å². The monoisotopic (exact) mass is 1140 g/mol. The fraction of sp³-hybridized carbons (Fsp3) is 0.312. The molecule has 28 heteroatoms. The van der Waals surface area contributed by atoms with E-state index in [4.69, 9.17) is 15.0 Å². The Morgan fingerprint density at radius 2 is 1.14 bits per heavy atom. The molecule has 9 N–H and O–H groups in total. The Hall–Kier alpha value is -6.89. The van der Waals surface area contributed by atoms with Gasteiger partial charge in [-0.3, -0.25) is 28.8 Å². The first-order chi connectivity index (χ1) is 36.3. The predicted molar refractivity (Wildman–Crippen MR) is 291 cm³/mol. The summed E-state index contributed by atoms with van der Waals surface area (Å²) in [5.74, 6) is -4.03. The largest absolute Gasteiger partial charge is 0.392 e. The number of rotatable bonds is 10. The van der Waals surface area contributed by atoms with E-state index in [0.29, 0.717) is 64.1 Å². The predicted octanol–water partition coefficient (Wildman–Crippen LogP) is 5.35. The van der Waals surface area contributed by atoms with E-state index in [-0.39, 0.29) is 40.9 Å². The fourth-order valence-corrected chi connectivity index (χ4v) is 12.3. The van der Waals surface area contributed by atoms with Crippen molar-refractivity contribution in [3.63, 3.8) is 0 Å². The van der Waals surface area contributed by atoms with Crippen LogP contribution in [0.2, 0.25) is 0 Å². The summed E-state index contributed by atoms with van der Waals surface area (Å²) in [5.41, 5.74) is 2.83. The highest BCUT2D eigenvalue weighted by Gasteiger charge is 2.32. The Bertz CT molecular complexity index is 3380. The van der Waals surface area contributed by atoms with Gasteiger partial charge in [-0.15, -0.1) is 68.0 Å². The number of aliphatic hydroxyl groups is 3. The van der Waals surface area contributed by atoms with Crippen LogP contribution in [0.1, 0.15) is 111 Å². The summed E-state index contributed by atoms with van der Waals surface area (Å²) in [7, 11) is 0. The van der Waals surface area contributed by atoms with Gasteiger partial charge in [-0.1, -0.05) is 26.0 Å². The normalized spacial score (nSPS) is 18.2. The minimum absolute atomic E-state index is 0.00971. The van der Waals surface area contributed by atoms with Crippen LogP contribution in [0, 0.1) is 5.92 Å². The molecule has 0 spiro atoms. The number of nitrogens with one attached hydrogen (secondary N) is 6. The van der Waals surface area contributed by atoms with Crippen LogP contribution in [0.4, 0.5) is 0 Å². The van der Waals surface area contributed by atoms with E-state index in [1.807, 2.05) is 13.8 Å². The number of aliphatic hydroxyl groups excluding tert-OH is 3. The van der Waals surface area contributed by atoms with Crippen molar-refractivity contribution >= 4 is 115 Å². The lowest BCUT2D eigenvalue weighted by Gasteiger charge is -2.21. The smallest absolute Gasteiger partial charge is 0.275 e. The second-order valence-electron chi connectivity index (χ2n) is 17.4. The molecule has 0 radical (unpaired) electrons. The van der Waals surface area contributed by atoms with Gasteiger partial charge in [-0.05, 0) is 52.7 Å². The van der Waals surface area contributed by atoms with Crippen molar-refractivity contribution in [2.45, 2.75) is 84.9 Å². The number of thiazole rings is 6. The quantitative estimate of drug-likeness (QED) is 0.0833. The molecule has 8 bridgehead atoms. The lowest BCUT2D eigenvalue weighted by atomic mass is 10.1. The molecule has 0 saturated carbocycles. The summed E-state index contributed by atoms with van der Waals surface area (Å²) in [6, 6.07) is 0.144. The third kappa shape index (κ3) is 12.5. The second-order valence-corrected chi connectivity index (χ2v) is 22.6. The lowest BCUT2D eigenvalue weighted by molar-refractivity contribution is -0.126. The first-order valence-electron chi connectivity index (χ1n) is 23.3. The molecular formula is C48H49N13O9S6. The van der Waals surface area contributed by atoms with Crippen LogP contribution in [0.15, 0.2) is 56.6 Å². The molecule has 6 amide bonds.